The van der Waals surface area contributed by atoms with E-state index in [9.17, 15) is 35.2 Å². The number of nitrogens with zero attached hydrogens (tertiary/aromatic N) is 1. The molecule has 0 aliphatic carbocycles. The van der Waals surface area contributed by atoms with E-state index in [1.165, 1.54) is 48.5 Å². The number of fused-ring (bicyclic) bond motifs is 1. The Morgan fingerprint density at radius 2 is 1.56 bits per heavy atom. The number of sulfonamides is 1. The summed E-state index contributed by atoms with van der Waals surface area (Å²) in [4.78, 5) is 12.3. The molecule has 12 heteroatoms. The van der Waals surface area contributed by atoms with Crippen LogP contribution in [-0.2, 0) is 29.3 Å². The quantitative estimate of drug-likeness (QED) is 0.259. The van der Waals surface area contributed by atoms with Crippen molar-refractivity contribution >= 4 is 32.5 Å². The van der Waals surface area contributed by atoms with Gasteiger partial charge in [0, 0.05) is 23.6 Å². The topological polar surface area (TPSA) is 68.2 Å². The molecular formula is C24H16ClF5N2O3S. The molecule has 0 bridgehead atoms. The van der Waals surface area contributed by atoms with Gasteiger partial charge in [0.05, 0.1) is 27.5 Å². The van der Waals surface area contributed by atoms with Crippen molar-refractivity contribution < 1.29 is 30.4 Å². The minimum atomic E-state index is -4.71. The predicted molar refractivity (Wildman–Crippen MR) is 124 cm³/mol. The first-order chi connectivity index (χ1) is 16.9. The summed E-state index contributed by atoms with van der Waals surface area (Å²) < 4.78 is 96.2. The fourth-order valence-corrected chi connectivity index (χ4v) is 4.89. The summed E-state index contributed by atoms with van der Waals surface area (Å²) in [5, 5.41) is -0.682. The maximum Gasteiger partial charge on any atom is 0.417 e. The SMILES string of the molecule is O=c1cc(C(F)(F)F)c2ccccc2n1Cc1ccc(S(=O)(=O)NCc2c(F)ccc(F)c2Cl)cc1. The molecule has 0 saturated carbocycles. The Kier molecular flexibility index (Phi) is 6.91. The van der Waals surface area contributed by atoms with Gasteiger partial charge in [-0.3, -0.25) is 4.79 Å². The zero-order valence-electron chi connectivity index (χ0n) is 18.1. The van der Waals surface area contributed by atoms with Gasteiger partial charge < -0.3 is 4.57 Å². The molecule has 1 aromatic heterocycles. The highest BCUT2D eigenvalue weighted by Gasteiger charge is 2.33. The molecule has 0 atom stereocenters. The van der Waals surface area contributed by atoms with Crippen molar-refractivity contribution in [1.82, 2.24) is 9.29 Å². The number of pyridine rings is 1. The molecule has 0 aliphatic heterocycles. The Balaban J connectivity index is 1.59. The number of benzene rings is 3. The molecule has 5 nitrogen and oxygen atoms in total. The second kappa shape index (κ2) is 9.64. The number of rotatable bonds is 6. The van der Waals surface area contributed by atoms with E-state index in [4.69, 9.17) is 11.6 Å². The largest absolute Gasteiger partial charge is 0.417 e. The molecule has 0 aliphatic rings. The molecule has 0 fully saturated rings. The molecule has 0 unspecified atom stereocenters. The van der Waals surface area contributed by atoms with Crippen molar-refractivity contribution in [3.8, 4) is 0 Å². The van der Waals surface area contributed by atoms with E-state index >= 15 is 0 Å². The van der Waals surface area contributed by atoms with Gasteiger partial charge in [0.1, 0.15) is 11.6 Å². The van der Waals surface area contributed by atoms with Crippen LogP contribution in [0, 0.1) is 11.6 Å². The number of para-hydroxylation sites is 1. The molecule has 0 amide bonds. The molecule has 4 aromatic rings. The van der Waals surface area contributed by atoms with Crippen molar-refractivity contribution in [3.05, 3.63) is 110 Å². The van der Waals surface area contributed by atoms with Crippen LogP contribution < -0.4 is 10.3 Å². The van der Waals surface area contributed by atoms with E-state index in [0.29, 0.717) is 11.6 Å². The summed E-state index contributed by atoms with van der Waals surface area (Å²) in [5.74, 6) is -1.78. The summed E-state index contributed by atoms with van der Waals surface area (Å²) in [6.45, 7) is -0.713. The lowest BCUT2D eigenvalue weighted by molar-refractivity contribution is -0.136. The van der Waals surface area contributed by atoms with Gasteiger partial charge in [-0.2, -0.15) is 13.2 Å². The fraction of sp³-hybridized carbons (Fsp3) is 0.125. The van der Waals surface area contributed by atoms with Crippen LogP contribution in [0.4, 0.5) is 22.0 Å². The van der Waals surface area contributed by atoms with Crippen LogP contribution >= 0.6 is 11.6 Å². The number of hydrogen-bond donors (Lipinski definition) is 1. The Morgan fingerprint density at radius 1 is 0.917 bits per heavy atom. The van der Waals surface area contributed by atoms with E-state index in [-0.39, 0.29) is 27.9 Å². The van der Waals surface area contributed by atoms with Crippen molar-refractivity contribution in [3.63, 3.8) is 0 Å². The summed E-state index contributed by atoms with van der Waals surface area (Å²) in [6.07, 6.45) is -4.71. The Bertz CT molecular complexity index is 1620. The molecule has 36 heavy (non-hydrogen) atoms. The average Bonchev–Trinajstić information content (AvgIpc) is 2.82. The second-order valence-electron chi connectivity index (χ2n) is 7.79. The lowest BCUT2D eigenvalue weighted by Gasteiger charge is -2.15. The van der Waals surface area contributed by atoms with Crippen LogP contribution in [0.1, 0.15) is 16.7 Å². The fourth-order valence-electron chi connectivity index (χ4n) is 3.67. The number of nitrogens with one attached hydrogen (secondary N) is 1. The first-order valence-electron chi connectivity index (χ1n) is 10.3. The van der Waals surface area contributed by atoms with Gasteiger partial charge in [0.15, 0.2) is 0 Å². The standard InChI is InChI=1S/C24H16ClF5N2O3S/c25-23-17(19(26)9-10-20(23)27)12-31-36(34,35)15-7-5-14(6-8-15)13-32-21-4-2-1-3-16(21)18(11-22(32)33)24(28,29)30/h1-11,31H,12-13H2. The first kappa shape index (κ1) is 25.8. The maximum absolute atomic E-state index is 13.9. The van der Waals surface area contributed by atoms with Crippen LogP contribution in [0.25, 0.3) is 10.9 Å². The van der Waals surface area contributed by atoms with Crippen molar-refractivity contribution in [1.29, 1.82) is 0 Å². The normalized spacial score (nSPS) is 12.3. The Labute approximate surface area is 206 Å². The molecule has 188 valence electrons. The van der Waals surface area contributed by atoms with Crippen LogP contribution in [0.2, 0.25) is 5.02 Å². The van der Waals surface area contributed by atoms with Gasteiger partial charge in [-0.1, -0.05) is 41.9 Å². The van der Waals surface area contributed by atoms with Crippen molar-refractivity contribution in [2.24, 2.45) is 0 Å². The zero-order chi connectivity index (χ0) is 26.3. The second-order valence-corrected chi connectivity index (χ2v) is 9.93. The van der Waals surface area contributed by atoms with E-state index in [1.807, 2.05) is 0 Å². The first-order valence-corrected chi connectivity index (χ1v) is 12.2. The van der Waals surface area contributed by atoms with Gasteiger partial charge in [-0.15, -0.1) is 0 Å². The number of hydrogen-bond acceptors (Lipinski definition) is 3. The van der Waals surface area contributed by atoms with Gasteiger partial charge in [-0.05, 0) is 35.9 Å². The highest BCUT2D eigenvalue weighted by atomic mass is 35.5. The summed E-state index contributed by atoms with van der Waals surface area (Å²) in [7, 11) is -4.15. The lowest BCUT2D eigenvalue weighted by Crippen LogP contribution is -2.25. The third-order valence-corrected chi connectivity index (χ3v) is 7.30. The number of aromatic nitrogens is 1. The minimum Gasteiger partial charge on any atom is -0.304 e. The van der Waals surface area contributed by atoms with Crippen LogP contribution in [0.3, 0.4) is 0 Å². The van der Waals surface area contributed by atoms with E-state index in [2.05, 4.69) is 4.72 Å². The Morgan fingerprint density at radius 3 is 2.22 bits per heavy atom. The molecule has 1 heterocycles. The molecule has 0 radical (unpaired) electrons. The number of halogens is 6. The van der Waals surface area contributed by atoms with Gasteiger partial charge >= 0.3 is 6.18 Å². The average molecular weight is 543 g/mol. The predicted octanol–water partition coefficient (Wildman–Crippen LogP) is 5.48. The summed E-state index contributed by atoms with van der Waals surface area (Å²) in [5.41, 5.74) is -1.75. The molecule has 0 spiro atoms. The number of alkyl halides is 3. The van der Waals surface area contributed by atoms with E-state index in [1.54, 1.807) is 0 Å². The highest BCUT2D eigenvalue weighted by molar-refractivity contribution is 7.89. The third kappa shape index (κ3) is 5.13. The molecule has 0 saturated heterocycles. The zero-order valence-corrected chi connectivity index (χ0v) is 19.7. The Hall–Kier alpha value is -3.28. The highest BCUT2D eigenvalue weighted by Crippen LogP contribution is 2.33. The van der Waals surface area contributed by atoms with Gasteiger partial charge in [0.2, 0.25) is 10.0 Å². The minimum absolute atomic E-state index is 0.0738. The molecular weight excluding hydrogens is 527 g/mol. The summed E-state index contributed by atoms with van der Waals surface area (Å²) in [6, 6.07) is 13.0. The molecule has 3 aromatic carbocycles. The van der Waals surface area contributed by atoms with Crippen LogP contribution in [-0.4, -0.2) is 13.0 Å². The smallest absolute Gasteiger partial charge is 0.304 e. The summed E-state index contributed by atoms with van der Waals surface area (Å²) >= 11 is 5.72. The maximum atomic E-state index is 13.9. The lowest BCUT2D eigenvalue weighted by atomic mass is 10.1. The monoisotopic (exact) mass is 542 g/mol. The van der Waals surface area contributed by atoms with E-state index in [0.717, 1.165) is 16.7 Å². The van der Waals surface area contributed by atoms with Crippen LogP contribution in [0.15, 0.2) is 76.4 Å². The van der Waals surface area contributed by atoms with E-state index < -0.39 is 50.5 Å². The molecule has 1 N–H and O–H groups in total. The van der Waals surface area contributed by atoms with Gasteiger partial charge in [0.25, 0.3) is 5.56 Å². The van der Waals surface area contributed by atoms with Crippen molar-refractivity contribution in [2.45, 2.75) is 24.2 Å². The van der Waals surface area contributed by atoms with Crippen LogP contribution in [0.5, 0.6) is 0 Å². The molecule has 4 rings (SSSR count). The third-order valence-electron chi connectivity index (χ3n) is 5.48. The van der Waals surface area contributed by atoms with Crippen molar-refractivity contribution in [2.75, 3.05) is 0 Å². The van der Waals surface area contributed by atoms with Gasteiger partial charge in [-0.25, -0.2) is 21.9 Å².